The predicted molar refractivity (Wildman–Crippen MR) is 101 cm³/mol. The Balaban J connectivity index is 1.87. The van der Waals surface area contributed by atoms with Crippen LogP contribution >= 0.6 is 0 Å². The minimum absolute atomic E-state index is 0.0212. The Bertz CT molecular complexity index is 1010. The van der Waals surface area contributed by atoms with E-state index < -0.39 is 34.1 Å². The van der Waals surface area contributed by atoms with Crippen LogP contribution in [0.2, 0.25) is 0 Å². The molecule has 29 heavy (non-hydrogen) atoms. The first kappa shape index (κ1) is 20.7. The molecule has 154 valence electrons. The fraction of sp³-hybridized carbons (Fsp3) is 0.278. The average Bonchev–Trinajstić information content (AvgIpc) is 2.68. The largest absolute Gasteiger partial charge is 0.457 e. The molecule has 1 fully saturated rings. The van der Waals surface area contributed by atoms with Crippen LogP contribution in [-0.4, -0.2) is 64.9 Å². The third-order valence-corrected chi connectivity index (χ3v) is 6.47. The SMILES string of the molecule is CC(=O)N1CCN(S(=O)(=O)c2ccc(Oc3ccncc3)cc2)C(O)(C(N)=O)C1. The summed E-state index contributed by atoms with van der Waals surface area (Å²) in [6.45, 7) is 0.456. The number of pyridine rings is 1. The number of amides is 2. The summed E-state index contributed by atoms with van der Waals surface area (Å²) in [5, 5.41) is 10.7. The molecule has 1 aliphatic rings. The highest BCUT2D eigenvalue weighted by Gasteiger charge is 2.51. The summed E-state index contributed by atoms with van der Waals surface area (Å²) in [6.07, 6.45) is 3.11. The lowest BCUT2D eigenvalue weighted by Gasteiger charge is -2.44. The molecule has 2 heterocycles. The molecular weight excluding hydrogens is 400 g/mol. The van der Waals surface area contributed by atoms with Gasteiger partial charge in [-0.15, -0.1) is 0 Å². The van der Waals surface area contributed by atoms with E-state index in [2.05, 4.69) is 4.98 Å². The molecule has 1 aromatic carbocycles. The van der Waals surface area contributed by atoms with Crippen molar-refractivity contribution in [3.8, 4) is 11.5 Å². The summed E-state index contributed by atoms with van der Waals surface area (Å²) in [6, 6.07) is 8.78. The van der Waals surface area contributed by atoms with Gasteiger partial charge in [0.1, 0.15) is 11.5 Å². The number of ether oxygens (including phenoxy) is 1. The molecule has 1 saturated heterocycles. The zero-order valence-electron chi connectivity index (χ0n) is 15.6. The maximum atomic E-state index is 13.1. The molecule has 0 radical (unpaired) electrons. The van der Waals surface area contributed by atoms with Gasteiger partial charge < -0.3 is 20.5 Å². The molecule has 0 saturated carbocycles. The van der Waals surface area contributed by atoms with Crippen molar-refractivity contribution in [3.63, 3.8) is 0 Å². The lowest BCUT2D eigenvalue weighted by molar-refractivity contribution is -0.164. The highest BCUT2D eigenvalue weighted by Crippen LogP contribution is 2.29. The summed E-state index contributed by atoms with van der Waals surface area (Å²) in [5.74, 6) is -0.746. The fourth-order valence-corrected chi connectivity index (χ4v) is 4.56. The van der Waals surface area contributed by atoms with Gasteiger partial charge in [-0.2, -0.15) is 4.31 Å². The van der Waals surface area contributed by atoms with Gasteiger partial charge in [0, 0.05) is 32.4 Å². The van der Waals surface area contributed by atoms with Crippen LogP contribution in [0.3, 0.4) is 0 Å². The maximum Gasteiger partial charge on any atom is 0.267 e. The number of aromatic nitrogens is 1. The Morgan fingerprint density at radius 1 is 1.10 bits per heavy atom. The number of primary amides is 1. The number of carbonyl (C=O) groups is 2. The number of nitrogens with two attached hydrogens (primary N) is 1. The Labute approximate surface area is 167 Å². The minimum atomic E-state index is -4.27. The molecule has 2 aromatic rings. The quantitative estimate of drug-likeness (QED) is 0.687. The zero-order chi connectivity index (χ0) is 21.2. The molecule has 1 aromatic heterocycles. The number of hydrogen-bond donors (Lipinski definition) is 2. The summed E-state index contributed by atoms with van der Waals surface area (Å²) in [4.78, 5) is 28.4. The molecule has 1 aliphatic heterocycles. The Morgan fingerprint density at radius 2 is 1.69 bits per heavy atom. The van der Waals surface area contributed by atoms with Crippen molar-refractivity contribution < 1.29 is 27.9 Å². The molecule has 0 bridgehead atoms. The molecule has 1 unspecified atom stereocenters. The topological polar surface area (TPSA) is 143 Å². The van der Waals surface area contributed by atoms with E-state index in [4.69, 9.17) is 10.5 Å². The predicted octanol–water partition coefficient (Wildman–Crippen LogP) is -0.0994. The van der Waals surface area contributed by atoms with Crippen LogP contribution in [0.4, 0.5) is 0 Å². The summed E-state index contributed by atoms with van der Waals surface area (Å²) in [5.41, 5.74) is 2.73. The molecule has 3 N–H and O–H groups in total. The van der Waals surface area contributed by atoms with Crippen LogP contribution in [0.25, 0.3) is 0 Å². The molecule has 3 rings (SSSR count). The molecule has 0 spiro atoms. The molecule has 2 amide bonds. The maximum absolute atomic E-state index is 13.1. The normalized spacial score (nSPS) is 20.3. The molecule has 0 aliphatic carbocycles. The number of aliphatic hydroxyl groups is 1. The van der Waals surface area contributed by atoms with Gasteiger partial charge in [0.25, 0.3) is 5.91 Å². The van der Waals surface area contributed by atoms with Crippen molar-refractivity contribution >= 4 is 21.8 Å². The Morgan fingerprint density at radius 3 is 2.24 bits per heavy atom. The second-order valence-electron chi connectivity index (χ2n) is 6.45. The van der Waals surface area contributed by atoms with Gasteiger partial charge in [-0.25, -0.2) is 8.42 Å². The first-order valence-corrected chi connectivity index (χ1v) is 10.1. The number of hydrogen-bond acceptors (Lipinski definition) is 7. The minimum Gasteiger partial charge on any atom is -0.457 e. The summed E-state index contributed by atoms with van der Waals surface area (Å²) < 4.78 is 32.3. The number of sulfonamides is 1. The van der Waals surface area contributed by atoms with E-state index in [0.29, 0.717) is 15.8 Å². The number of nitrogens with zero attached hydrogens (tertiary/aromatic N) is 3. The van der Waals surface area contributed by atoms with Gasteiger partial charge in [-0.3, -0.25) is 14.6 Å². The number of piperazine rings is 1. The second kappa shape index (κ2) is 7.78. The zero-order valence-corrected chi connectivity index (χ0v) is 16.4. The van der Waals surface area contributed by atoms with Crippen LogP contribution in [0.5, 0.6) is 11.5 Å². The van der Waals surface area contributed by atoms with Gasteiger partial charge in [0.05, 0.1) is 11.4 Å². The van der Waals surface area contributed by atoms with E-state index >= 15 is 0 Å². The lowest BCUT2D eigenvalue weighted by Crippen LogP contribution is -2.69. The number of rotatable bonds is 5. The standard InChI is InChI=1S/C18H20N4O6S/c1-13(23)21-10-11-22(18(25,12-21)17(19)24)29(26,27)16-4-2-14(3-5-16)28-15-6-8-20-9-7-15/h2-9,25H,10-12H2,1H3,(H2,19,24). The Kier molecular flexibility index (Phi) is 5.55. The average molecular weight is 420 g/mol. The van der Waals surface area contributed by atoms with E-state index in [9.17, 15) is 23.1 Å². The van der Waals surface area contributed by atoms with Gasteiger partial charge in [-0.1, -0.05) is 0 Å². The van der Waals surface area contributed by atoms with Crippen molar-refractivity contribution in [2.75, 3.05) is 19.6 Å². The molecule has 10 nitrogen and oxygen atoms in total. The van der Waals surface area contributed by atoms with Crippen LogP contribution in [0.1, 0.15) is 6.92 Å². The monoisotopic (exact) mass is 420 g/mol. The van der Waals surface area contributed by atoms with E-state index in [1.165, 1.54) is 36.1 Å². The van der Waals surface area contributed by atoms with Crippen molar-refractivity contribution in [1.29, 1.82) is 0 Å². The fourth-order valence-electron chi connectivity index (χ4n) is 2.96. The van der Waals surface area contributed by atoms with Crippen molar-refractivity contribution in [3.05, 3.63) is 48.8 Å². The van der Waals surface area contributed by atoms with E-state index in [0.717, 1.165) is 0 Å². The number of β-amino-alcohol motifs (C(OH)–C–C–N with tert-alkyl or cyclic N) is 1. The van der Waals surface area contributed by atoms with Crippen molar-refractivity contribution in [1.82, 2.24) is 14.2 Å². The summed E-state index contributed by atoms with van der Waals surface area (Å²) in [7, 11) is -4.27. The molecule has 1 atom stereocenters. The third kappa shape index (κ3) is 4.06. The van der Waals surface area contributed by atoms with E-state index in [1.807, 2.05) is 0 Å². The lowest BCUT2D eigenvalue weighted by atomic mass is 10.1. The smallest absolute Gasteiger partial charge is 0.267 e. The van der Waals surface area contributed by atoms with Crippen LogP contribution in [0, 0.1) is 0 Å². The van der Waals surface area contributed by atoms with Crippen molar-refractivity contribution in [2.24, 2.45) is 5.73 Å². The second-order valence-corrected chi connectivity index (χ2v) is 8.32. The van der Waals surface area contributed by atoms with Crippen LogP contribution in [-0.2, 0) is 19.6 Å². The number of benzene rings is 1. The number of carbonyl (C=O) groups excluding carboxylic acids is 2. The molecular formula is C18H20N4O6S. The van der Waals surface area contributed by atoms with Crippen LogP contribution < -0.4 is 10.5 Å². The van der Waals surface area contributed by atoms with Gasteiger partial charge in [-0.05, 0) is 36.4 Å². The van der Waals surface area contributed by atoms with Crippen LogP contribution in [0.15, 0.2) is 53.7 Å². The first-order chi connectivity index (χ1) is 13.6. The highest BCUT2D eigenvalue weighted by atomic mass is 32.2. The van der Waals surface area contributed by atoms with Gasteiger partial charge in [0.15, 0.2) is 0 Å². The highest BCUT2D eigenvalue weighted by molar-refractivity contribution is 7.89. The van der Waals surface area contributed by atoms with Crippen molar-refractivity contribution in [2.45, 2.75) is 17.5 Å². The van der Waals surface area contributed by atoms with Gasteiger partial charge in [0.2, 0.25) is 21.7 Å². The summed E-state index contributed by atoms with van der Waals surface area (Å²) >= 11 is 0. The first-order valence-electron chi connectivity index (χ1n) is 8.63. The molecule has 11 heteroatoms. The van der Waals surface area contributed by atoms with E-state index in [-0.39, 0.29) is 18.0 Å². The van der Waals surface area contributed by atoms with Gasteiger partial charge >= 0.3 is 0 Å². The van der Waals surface area contributed by atoms with E-state index in [1.54, 1.807) is 24.5 Å². The Hall–Kier alpha value is -3.02. The third-order valence-electron chi connectivity index (χ3n) is 4.53.